The largest absolute Gasteiger partial charge is 0.508 e. The van der Waals surface area contributed by atoms with Crippen LogP contribution < -0.4 is 15.5 Å². The third-order valence-corrected chi connectivity index (χ3v) is 4.63. The number of hydroxylamine groups is 1. The monoisotopic (exact) mass is 446 g/mol. The molecule has 0 spiro atoms. The van der Waals surface area contributed by atoms with Gasteiger partial charge in [-0.05, 0) is 35.9 Å². The maximum atomic E-state index is 11.5. The van der Waals surface area contributed by atoms with E-state index in [0.717, 1.165) is 5.56 Å². The summed E-state index contributed by atoms with van der Waals surface area (Å²) in [6, 6.07) is 17.1. The maximum absolute atomic E-state index is 11.5. The third kappa shape index (κ3) is 5.21. The van der Waals surface area contributed by atoms with Crippen molar-refractivity contribution in [1.82, 2.24) is 5.48 Å². The molecule has 2 amide bonds. The van der Waals surface area contributed by atoms with E-state index in [1.54, 1.807) is 12.1 Å². The highest BCUT2D eigenvalue weighted by Crippen LogP contribution is 2.39. The van der Waals surface area contributed by atoms with Crippen LogP contribution in [0.25, 0.3) is 0 Å². The number of amides is 2. The molecular weight excluding hydrogens is 431 g/mol. The first kappa shape index (κ1) is 21.4. The Morgan fingerprint density at radius 3 is 2.23 bits per heavy atom. The van der Waals surface area contributed by atoms with Crippen LogP contribution in [0, 0.1) is 0 Å². The Morgan fingerprint density at radius 2 is 1.60 bits per heavy atom. The van der Waals surface area contributed by atoms with Crippen LogP contribution in [-0.4, -0.2) is 22.1 Å². The number of carbonyl (C=O) groups is 2. The molecule has 0 aliphatic carbocycles. The van der Waals surface area contributed by atoms with Crippen LogP contribution in [0.3, 0.4) is 0 Å². The molecular formula is C21H16Cl2N2O5. The predicted molar refractivity (Wildman–Crippen MR) is 112 cm³/mol. The van der Waals surface area contributed by atoms with Gasteiger partial charge in [0.1, 0.15) is 11.5 Å². The van der Waals surface area contributed by atoms with Crippen molar-refractivity contribution < 1.29 is 24.6 Å². The molecule has 0 radical (unpaired) electrons. The Hall–Kier alpha value is -3.26. The van der Waals surface area contributed by atoms with Gasteiger partial charge < -0.3 is 15.2 Å². The smallest absolute Gasteiger partial charge is 0.332 e. The second-order valence-electron chi connectivity index (χ2n) is 6.22. The summed E-state index contributed by atoms with van der Waals surface area (Å²) in [6.07, 6.45) is 0.503. The minimum Gasteiger partial charge on any atom is -0.508 e. The predicted octanol–water partition coefficient (Wildman–Crippen LogP) is 4.53. The lowest BCUT2D eigenvalue weighted by molar-refractivity contribution is -0.141. The molecule has 0 aliphatic heterocycles. The normalized spacial score (nSPS) is 10.4. The molecule has 154 valence electrons. The molecule has 0 unspecified atom stereocenters. The highest BCUT2D eigenvalue weighted by Gasteiger charge is 2.16. The molecule has 3 rings (SSSR count). The molecule has 0 bridgehead atoms. The fourth-order valence-electron chi connectivity index (χ4n) is 2.67. The van der Waals surface area contributed by atoms with Crippen molar-refractivity contribution in [3.05, 3.63) is 81.8 Å². The van der Waals surface area contributed by atoms with Crippen molar-refractivity contribution in [2.24, 2.45) is 0 Å². The zero-order chi connectivity index (χ0) is 21.7. The van der Waals surface area contributed by atoms with Crippen LogP contribution in [0.15, 0.2) is 60.7 Å². The maximum Gasteiger partial charge on any atom is 0.332 e. The van der Waals surface area contributed by atoms with Gasteiger partial charge >= 0.3 is 11.8 Å². The van der Waals surface area contributed by atoms with Gasteiger partial charge in [0, 0.05) is 17.7 Å². The third-order valence-electron chi connectivity index (χ3n) is 4.07. The fourth-order valence-corrected chi connectivity index (χ4v) is 3.23. The number of benzene rings is 3. The number of rotatable bonds is 5. The van der Waals surface area contributed by atoms with E-state index in [4.69, 9.17) is 33.1 Å². The lowest BCUT2D eigenvalue weighted by Gasteiger charge is -2.13. The van der Waals surface area contributed by atoms with E-state index in [9.17, 15) is 14.7 Å². The van der Waals surface area contributed by atoms with Crippen LogP contribution >= 0.6 is 23.2 Å². The Balaban J connectivity index is 1.81. The molecule has 0 heterocycles. The van der Waals surface area contributed by atoms with E-state index in [0.29, 0.717) is 17.7 Å². The lowest BCUT2D eigenvalue weighted by Crippen LogP contribution is -2.33. The van der Waals surface area contributed by atoms with Gasteiger partial charge in [0.15, 0.2) is 5.75 Å². The molecule has 3 aromatic rings. The lowest BCUT2D eigenvalue weighted by atomic mass is 10.0. The molecule has 9 heteroatoms. The van der Waals surface area contributed by atoms with Gasteiger partial charge in [-0.1, -0.05) is 53.5 Å². The van der Waals surface area contributed by atoms with Crippen molar-refractivity contribution >= 4 is 40.7 Å². The van der Waals surface area contributed by atoms with Crippen LogP contribution in [0.1, 0.15) is 11.1 Å². The fraction of sp³-hybridized carbons (Fsp3) is 0.0476. The number of hydrogen-bond acceptors (Lipinski definition) is 5. The van der Waals surface area contributed by atoms with Crippen molar-refractivity contribution in [3.63, 3.8) is 0 Å². The SMILES string of the molecule is O=C(NO)C(=O)Nc1cc(Cl)c(Oc2ccc(O)c(Cc3ccccc3)c2)c(Cl)c1. The van der Waals surface area contributed by atoms with Gasteiger partial charge in [-0.3, -0.25) is 14.8 Å². The summed E-state index contributed by atoms with van der Waals surface area (Å²) in [5, 5.41) is 21.1. The first-order chi connectivity index (χ1) is 14.4. The van der Waals surface area contributed by atoms with E-state index in [1.807, 2.05) is 30.3 Å². The first-order valence-electron chi connectivity index (χ1n) is 8.65. The summed E-state index contributed by atoms with van der Waals surface area (Å²) in [5.41, 5.74) is 3.04. The Labute approximate surface area is 181 Å². The number of aromatic hydroxyl groups is 1. The number of ether oxygens (including phenoxy) is 1. The molecule has 0 aliphatic rings. The molecule has 0 saturated carbocycles. The highest BCUT2D eigenvalue weighted by molar-refractivity contribution is 6.40. The zero-order valence-electron chi connectivity index (χ0n) is 15.4. The van der Waals surface area contributed by atoms with Gasteiger partial charge in [0.2, 0.25) is 0 Å². The number of phenols is 1. The second kappa shape index (κ2) is 9.49. The topological polar surface area (TPSA) is 108 Å². The summed E-state index contributed by atoms with van der Waals surface area (Å²) in [4.78, 5) is 22.6. The number of carbonyl (C=O) groups excluding carboxylic acids is 2. The van der Waals surface area contributed by atoms with Crippen molar-refractivity contribution in [3.8, 4) is 17.2 Å². The Morgan fingerprint density at radius 1 is 0.933 bits per heavy atom. The summed E-state index contributed by atoms with van der Waals surface area (Å²) in [6.45, 7) is 0. The molecule has 0 fully saturated rings. The van der Waals surface area contributed by atoms with E-state index >= 15 is 0 Å². The molecule has 30 heavy (non-hydrogen) atoms. The van der Waals surface area contributed by atoms with Gasteiger partial charge in [0.05, 0.1) is 10.0 Å². The standard InChI is InChI=1S/C21H16Cl2N2O5/c22-16-10-14(24-20(27)21(28)25-29)11-17(23)19(16)30-15-6-7-18(26)13(9-15)8-12-4-2-1-3-5-12/h1-7,9-11,26,29H,8H2,(H,24,27)(H,25,28). The number of halogens is 2. The average molecular weight is 447 g/mol. The molecule has 7 nitrogen and oxygen atoms in total. The van der Waals surface area contributed by atoms with Gasteiger partial charge in [0.25, 0.3) is 0 Å². The van der Waals surface area contributed by atoms with Crippen LogP contribution in [0.5, 0.6) is 17.2 Å². The summed E-state index contributed by atoms with van der Waals surface area (Å²) in [5.74, 6) is -1.66. The number of hydrogen-bond donors (Lipinski definition) is 4. The van der Waals surface area contributed by atoms with E-state index in [2.05, 4.69) is 5.32 Å². The Bertz CT molecular complexity index is 1070. The number of nitrogens with one attached hydrogen (secondary N) is 2. The highest BCUT2D eigenvalue weighted by atomic mass is 35.5. The minimum absolute atomic E-state index is 0.0832. The van der Waals surface area contributed by atoms with Crippen molar-refractivity contribution in [2.75, 3.05) is 5.32 Å². The summed E-state index contributed by atoms with van der Waals surface area (Å²) < 4.78 is 5.79. The molecule has 0 aromatic heterocycles. The number of anilines is 1. The van der Waals surface area contributed by atoms with E-state index in [1.165, 1.54) is 23.7 Å². The summed E-state index contributed by atoms with van der Waals surface area (Å²) >= 11 is 12.4. The molecule has 0 atom stereocenters. The Kier molecular flexibility index (Phi) is 6.79. The molecule has 0 saturated heterocycles. The summed E-state index contributed by atoms with van der Waals surface area (Å²) in [7, 11) is 0. The van der Waals surface area contributed by atoms with Crippen LogP contribution in [-0.2, 0) is 16.0 Å². The van der Waals surface area contributed by atoms with Crippen molar-refractivity contribution in [2.45, 2.75) is 6.42 Å². The minimum atomic E-state index is -1.24. The molecule has 4 N–H and O–H groups in total. The van der Waals surface area contributed by atoms with Gasteiger partial charge in [-0.25, -0.2) is 5.48 Å². The van der Waals surface area contributed by atoms with Gasteiger partial charge in [-0.15, -0.1) is 0 Å². The second-order valence-corrected chi connectivity index (χ2v) is 7.03. The average Bonchev–Trinajstić information content (AvgIpc) is 2.73. The molecule has 3 aromatic carbocycles. The van der Waals surface area contributed by atoms with Crippen molar-refractivity contribution in [1.29, 1.82) is 0 Å². The van der Waals surface area contributed by atoms with Crippen LogP contribution in [0.2, 0.25) is 10.0 Å². The van der Waals surface area contributed by atoms with E-state index < -0.39 is 11.8 Å². The quantitative estimate of drug-likeness (QED) is 0.261. The zero-order valence-corrected chi connectivity index (χ0v) is 16.9. The number of phenolic OH excluding ortho intramolecular Hbond substituents is 1. The van der Waals surface area contributed by atoms with E-state index in [-0.39, 0.29) is 27.2 Å². The van der Waals surface area contributed by atoms with Gasteiger partial charge in [-0.2, -0.15) is 0 Å². The van der Waals surface area contributed by atoms with Crippen LogP contribution in [0.4, 0.5) is 5.69 Å². The first-order valence-corrected chi connectivity index (χ1v) is 9.41.